The van der Waals surface area contributed by atoms with Crippen LogP contribution in [0, 0.1) is 0 Å². The van der Waals surface area contributed by atoms with Gasteiger partial charge in [0.2, 0.25) is 5.91 Å². The predicted molar refractivity (Wildman–Crippen MR) is 103 cm³/mol. The topological polar surface area (TPSA) is 75.7 Å². The van der Waals surface area contributed by atoms with E-state index in [1.165, 1.54) is 4.31 Å². The molecule has 0 atom stereocenters. The summed E-state index contributed by atoms with van der Waals surface area (Å²) in [5.74, 6) is 0.112. The van der Waals surface area contributed by atoms with Crippen molar-refractivity contribution in [3.63, 3.8) is 0 Å². The number of carbonyl (C=O) groups excluding carboxylic acids is 1. The van der Waals surface area contributed by atoms with E-state index in [2.05, 4.69) is 4.72 Å². The lowest BCUT2D eigenvalue weighted by molar-refractivity contribution is -0.121. The number of nitrogens with one attached hydrogen (secondary N) is 1. The summed E-state index contributed by atoms with van der Waals surface area (Å²) in [5, 5.41) is 0. The van der Waals surface area contributed by atoms with Gasteiger partial charge in [0.15, 0.2) is 0 Å². The van der Waals surface area contributed by atoms with Crippen LogP contribution < -0.4 is 13.8 Å². The number of rotatable bonds is 5. The van der Waals surface area contributed by atoms with Gasteiger partial charge in [0.05, 0.1) is 18.2 Å². The molecule has 0 bridgehead atoms. The van der Waals surface area contributed by atoms with Crippen molar-refractivity contribution in [2.45, 2.75) is 31.1 Å². The SMILES string of the molecule is COc1ccccc1C1(C(=O)NS(=O)(=O)N2CCCc3ccccc32)CC1. The standard InChI is InChI=1S/C20H22N2O4S/c1-26-18-11-5-3-9-16(18)20(12-13-20)19(23)21-27(24,25)22-14-6-8-15-7-2-4-10-17(15)22/h2-5,7,9-11H,6,8,12-14H2,1H3,(H,21,23). The summed E-state index contributed by atoms with van der Waals surface area (Å²) in [6.07, 6.45) is 2.77. The van der Waals surface area contributed by atoms with Gasteiger partial charge >= 0.3 is 10.2 Å². The van der Waals surface area contributed by atoms with Crippen molar-refractivity contribution >= 4 is 21.8 Å². The number of hydrogen-bond acceptors (Lipinski definition) is 4. The van der Waals surface area contributed by atoms with E-state index < -0.39 is 21.5 Å². The summed E-state index contributed by atoms with van der Waals surface area (Å²) in [7, 11) is -2.42. The van der Waals surface area contributed by atoms with Crippen LogP contribution in [-0.2, 0) is 26.8 Å². The molecule has 0 saturated heterocycles. The molecule has 0 radical (unpaired) electrons. The van der Waals surface area contributed by atoms with Crippen LogP contribution in [0.4, 0.5) is 5.69 Å². The number of carbonyl (C=O) groups is 1. The molecular formula is C20H22N2O4S. The predicted octanol–water partition coefficient (Wildman–Crippen LogP) is 2.54. The molecule has 1 heterocycles. The summed E-state index contributed by atoms with van der Waals surface area (Å²) in [6, 6.07) is 14.7. The van der Waals surface area contributed by atoms with E-state index >= 15 is 0 Å². The van der Waals surface area contributed by atoms with Crippen LogP contribution in [0.25, 0.3) is 0 Å². The second-order valence-electron chi connectivity index (χ2n) is 7.02. The smallest absolute Gasteiger partial charge is 0.326 e. The average Bonchev–Trinajstić information content (AvgIpc) is 3.49. The third-order valence-electron chi connectivity index (χ3n) is 5.39. The van der Waals surface area contributed by atoms with Gasteiger partial charge in [-0.2, -0.15) is 8.42 Å². The van der Waals surface area contributed by atoms with Gasteiger partial charge < -0.3 is 4.74 Å². The number of benzene rings is 2. The second kappa shape index (κ2) is 6.56. The second-order valence-corrected chi connectivity index (χ2v) is 8.62. The van der Waals surface area contributed by atoms with Gasteiger partial charge in [-0.1, -0.05) is 36.4 Å². The molecule has 1 aliphatic carbocycles. The number of ether oxygens (including phenoxy) is 1. The first-order chi connectivity index (χ1) is 13.0. The first-order valence-electron chi connectivity index (χ1n) is 9.04. The highest BCUT2D eigenvalue weighted by Crippen LogP contribution is 2.51. The average molecular weight is 386 g/mol. The maximum Gasteiger partial charge on any atom is 0.326 e. The number of para-hydroxylation sites is 2. The van der Waals surface area contributed by atoms with E-state index in [4.69, 9.17) is 4.74 Å². The van der Waals surface area contributed by atoms with Crippen LogP contribution in [0.1, 0.15) is 30.4 Å². The lowest BCUT2D eigenvalue weighted by atomic mass is 9.94. The van der Waals surface area contributed by atoms with Crippen molar-refractivity contribution in [1.82, 2.24) is 4.72 Å². The lowest BCUT2D eigenvalue weighted by Gasteiger charge is -2.31. The molecule has 1 N–H and O–H groups in total. The highest BCUT2D eigenvalue weighted by Gasteiger charge is 2.54. The van der Waals surface area contributed by atoms with Crippen LogP contribution in [0.3, 0.4) is 0 Å². The summed E-state index contributed by atoms with van der Waals surface area (Å²) in [5.41, 5.74) is 1.52. The van der Waals surface area contributed by atoms with Crippen LogP contribution in [0.5, 0.6) is 5.75 Å². The maximum absolute atomic E-state index is 13.0. The van der Waals surface area contributed by atoms with Gasteiger partial charge in [-0.05, 0) is 43.4 Å². The van der Waals surface area contributed by atoms with Crippen LogP contribution in [-0.4, -0.2) is 28.0 Å². The molecule has 1 aliphatic heterocycles. The fourth-order valence-corrected chi connectivity index (χ4v) is 5.15. The summed E-state index contributed by atoms with van der Waals surface area (Å²) in [6.45, 7) is 0.362. The van der Waals surface area contributed by atoms with Crippen molar-refractivity contribution in [1.29, 1.82) is 0 Å². The largest absolute Gasteiger partial charge is 0.496 e. The Bertz CT molecular complexity index is 983. The number of aryl methyl sites for hydroxylation is 1. The monoisotopic (exact) mass is 386 g/mol. The van der Waals surface area contributed by atoms with Gasteiger partial charge in [0.1, 0.15) is 5.75 Å². The lowest BCUT2D eigenvalue weighted by Crippen LogP contribution is -2.48. The fraction of sp³-hybridized carbons (Fsp3) is 0.350. The van der Waals surface area contributed by atoms with Crippen molar-refractivity contribution < 1.29 is 17.9 Å². The van der Waals surface area contributed by atoms with E-state index in [0.717, 1.165) is 24.0 Å². The maximum atomic E-state index is 13.0. The molecule has 0 unspecified atom stereocenters. The number of hydrogen-bond donors (Lipinski definition) is 1. The fourth-order valence-electron chi connectivity index (χ4n) is 3.80. The molecule has 0 spiro atoms. The third kappa shape index (κ3) is 3.06. The molecule has 27 heavy (non-hydrogen) atoms. The van der Waals surface area contributed by atoms with Crippen molar-refractivity contribution in [2.75, 3.05) is 18.0 Å². The molecule has 6 nitrogen and oxygen atoms in total. The van der Waals surface area contributed by atoms with Crippen molar-refractivity contribution in [3.05, 3.63) is 59.7 Å². The van der Waals surface area contributed by atoms with Gasteiger partial charge in [0, 0.05) is 12.1 Å². The first-order valence-corrected chi connectivity index (χ1v) is 10.5. The number of anilines is 1. The molecule has 2 aromatic carbocycles. The molecule has 2 aromatic rings. The Balaban J connectivity index is 1.62. The number of fused-ring (bicyclic) bond motifs is 1. The zero-order valence-corrected chi connectivity index (χ0v) is 16.0. The van der Waals surface area contributed by atoms with E-state index in [1.54, 1.807) is 19.2 Å². The van der Waals surface area contributed by atoms with Gasteiger partial charge in [-0.25, -0.2) is 4.72 Å². The summed E-state index contributed by atoms with van der Waals surface area (Å²) in [4.78, 5) is 13.0. The van der Waals surface area contributed by atoms with Crippen LogP contribution in [0.2, 0.25) is 0 Å². The Morgan fingerprint density at radius 3 is 2.56 bits per heavy atom. The van der Waals surface area contributed by atoms with Crippen molar-refractivity contribution in [2.24, 2.45) is 0 Å². The molecular weight excluding hydrogens is 364 g/mol. The Morgan fingerprint density at radius 2 is 1.81 bits per heavy atom. The van der Waals surface area contributed by atoms with Crippen LogP contribution >= 0.6 is 0 Å². The van der Waals surface area contributed by atoms with E-state index in [9.17, 15) is 13.2 Å². The molecule has 4 rings (SSSR count). The normalized spacial score (nSPS) is 17.7. The Morgan fingerprint density at radius 1 is 1.11 bits per heavy atom. The number of amides is 1. The highest BCUT2D eigenvalue weighted by atomic mass is 32.2. The first kappa shape index (κ1) is 17.9. The highest BCUT2D eigenvalue weighted by molar-refractivity contribution is 7.91. The van der Waals surface area contributed by atoms with E-state index in [1.807, 2.05) is 36.4 Å². The molecule has 0 aromatic heterocycles. The minimum absolute atomic E-state index is 0.362. The summed E-state index contributed by atoms with van der Waals surface area (Å²) >= 11 is 0. The molecule has 142 valence electrons. The van der Waals surface area contributed by atoms with Gasteiger partial charge in [-0.15, -0.1) is 0 Å². The molecule has 2 aliphatic rings. The molecule has 7 heteroatoms. The van der Waals surface area contributed by atoms with Gasteiger partial charge in [-0.3, -0.25) is 9.10 Å². The van der Waals surface area contributed by atoms with E-state index in [-0.39, 0.29) is 0 Å². The zero-order valence-electron chi connectivity index (χ0n) is 15.1. The Hall–Kier alpha value is -2.54. The Labute approximate surface area is 159 Å². The molecule has 1 fully saturated rings. The zero-order chi connectivity index (χ0) is 19.1. The molecule has 1 amide bonds. The Kier molecular flexibility index (Phi) is 4.34. The quantitative estimate of drug-likeness (QED) is 0.857. The van der Waals surface area contributed by atoms with E-state index in [0.29, 0.717) is 30.8 Å². The minimum atomic E-state index is -3.97. The van der Waals surface area contributed by atoms with Crippen molar-refractivity contribution in [3.8, 4) is 5.75 Å². The summed E-state index contributed by atoms with van der Waals surface area (Å²) < 4.78 is 35.0. The third-order valence-corrected chi connectivity index (χ3v) is 6.79. The minimum Gasteiger partial charge on any atom is -0.496 e. The molecule has 1 saturated carbocycles. The number of methoxy groups -OCH3 is 1. The van der Waals surface area contributed by atoms with Crippen LogP contribution in [0.15, 0.2) is 48.5 Å². The number of nitrogens with zero attached hydrogens (tertiary/aromatic N) is 1. The van der Waals surface area contributed by atoms with Gasteiger partial charge in [0.25, 0.3) is 0 Å².